The molecule has 1 aromatic carbocycles. The van der Waals surface area contributed by atoms with Crippen molar-refractivity contribution in [3.8, 4) is 0 Å². The van der Waals surface area contributed by atoms with E-state index in [0.717, 1.165) is 43.9 Å². The minimum Gasteiger partial charge on any atom is -0.398 e. The fourth-order valence-electron chi connectivity index (χ4n) is 2.37. The van der Waals surface area contributed by atoms with Crippen molar-refractivity contribution in [1.29, 1.82) is 0 Å². The molecule has 1 heterocycles. The first-order chi connectivity index (χ1) is 9.10. The molecule has 0 spiro atoms. The molecular weight excluding hydrogens is 238 g/mol. The fourth-order valence-corrected chi connectivity index (χ4v) is 2.37. The summed E-state index contributed by atoms with van der Waals surface area (Å²) in [4.78, 5) is 16.9. The van der Waals surface area contributed by atoms with Gasteiger partial charge in [-0.15, -0.1) is 0 Å². The lowest BCUT2D eigenvalue weighted by atomic mass is 10.1. The van der Waals surface area contributed by atoms with E-state index in [-0.39, 0.29) is 5.78 Å². The van der Waals surface area contributed by atoms with E-state index in [1.165, 1.54) is 0 Å². The third kappa shape index (κ3) is 3.55. The lowest BCUT2D eigenvalue weighted by Gasteiger charge is -2.33. The molecule has 2 rings (SSSR count). The molecule has 1 fully saturated rings. The van der Waals surface area contributed by atoms with Crippen molar-refractivity contribution in [3.05, 3.63) is 29.3 Å². The third-order valence-electron chi connectivity index (χ3n) is 3.88. The Labute approximate surface area is 115 Å². The number of Topliss-reactive ketones (excluding diaryl/α,β-unsaturated/α-hetero) is 1. The molecule has 1 saturated heterocycles. The van der Waals surface area contributed by atoms with Crippen molar-refractivity contribution < 1.29 is 4.79 Å². The highest BCUT2D eigenvalue weighted by Crippen LogP contribution is 2.14. The number of aryl methyl sites for hydroxylation is 1. The summed E-state index contributed by atoms with van der Waals surface area (Å²) < 4.78 is 0. The van der Waals surface area contributed by atoms with Gasteiger partial charge in [-0.2, -0.15) is 0 Å². The normalized spacial score (nSPS) is 17.6. The molecule has 1 aromatic rings. The van der Waals surface area contributed by atoms with Gasteiger partial charge in [-0.3, -0.25) is 9.69 Å². The largest absolute Gasteiger partial charge is 0.398 e. The van der Waals surface area contributed by atoms with Crippen LogP contribution in [0.15, 0.2) is 18.2 Å². The van der Waals surface area contributed by atoms with Gasteiger partial charge in [-0.05, 0) is 25.1 Å². The maximum atomic E-state index is 12.2. The predicted octanol–water partition coefficient (Wildman–Crippen LogP) is 1.40. The highest BCUT2D eigenvalue weighted by atomic mass is 16.1. The molecule has 0 bridgehead atoms. The maximum absolute atomic E-state index is 12.2. The summed E-state index contributed by atoms with van der Waals surface area (Å²) in [5.74, 6) is 0.164. The van der Waals surface area contributed by atoms with E-state index in [0.29, 0.717) is 12.2 Å². The van der Waals surface area contributed by atoms with Gasteiger partial charge in [-0.25, -0.2) is 0 Å². The van der Waals surface area contributed by atoms with Gasteiger partial charge in [-0.1, -0.05) is 19.1 Å². The maximum Gasteiger partial charge on any atom is 0.176 e. The number of ketones is 1. The van der Waals surface area contributed by atoms with E-state index in [1.807, 2.05) is 19.1 Å². The molecule has 2 N–H and O–H groups in total. The van der Waals surface area contributed by atoms with Gasteiger partial charge < -0.3 is 10.6 Å². The van der Waals surface area contributed by atoms with Crippen molar-refractivity contribution in [2.45, 2.75) is 13.8 Å². The summed E-state index contributed by atoms with van der Waals surface area (Å²) in [5.41, 5.74) is 8.30. The van der Waals surface area contributed by atoms with Crippen LogP contribution in [0.2, 0.25) is 0 Å². The van der Waals surface area contributed by atoms with E-state index >= 15 is 0 Å². The van der Waals surface area contributed by atoms with Gasteiger partial charge >= 0.3 is 0 Å². The highest BCUT2D eigenvalue weighted by Gasteiger charge is 2.18. The van der Waals surface area contributed by atoms with Crippen LogP contribution in [0.4, 0.5) is 5.69 Å². The van der Waals surface area contributed by atoms with Crippen LogP contribution >= 0.6 is 0 Å². The van der Waals surface area contributed by atoms with Crippen molar-refractivity contribution >= 4 is 11.5 Å². The van der Waals surface area contributed by atoms with E-state index in [9.17, 15) is 4.79 Å². The number of rotatable bonds is 4. The molecule has 0 atom stereocenters. The second-order valence-electron chi connectivity index (χ2n) is 5.20. The Hall–Kier alpha value is -1.39. The number of nitrogens with zero attached hydrogens (tertiary/aromatic N) is 2. The average molecular weight is 261 g/mol. The molecule has 4 heteroatoms. The SMILES string of the molecule is CCN1CCN(CC(=O)c2ccc(C)c(N)c2)CC1. The zero-order valence-electron chi connectivity index (χ0n) is 11.9. The first-order valence-electron chi connectivity index (χ1n) is 6.94. The number of anilines is 1. The monoisotopic (exact) mass is 261 g/mol. The molecule has 0 amide bonds. The number of nitrogen functional groups attached to an aromatic ring is 1. The first-order valence-corrected chi connectivity index (χ1v) is 6.94. The van der Waals surface area contributed by atoms with Crippen LogP contribution in [-0.2, 0) is 0 Å². The summed E-state index contributed by atoms with van der Waals surface area (Å²) in [7, 11) is 0. The Balaban J connectivity index is 1.92. The topological polar surface area (TPSA) is 49.6 Å². The number of hydrogen-bond donors (Lipinski definition) is 1. The quantitative estimate of drug-likeness (QED) is 0.657. The van der Waals surface area contributed by atoms with Gasteiger partial charge in [0, 0.05) is 37.4 Å². The van der Waals surface area contributed by atoms with E-state index < -0.39 is 0 Å². The predicted molar refractivity (Wildman–Crippen MR) is 78.5 cm³/mol. The molecule has 1 aliphatic heterocycles. The van der Waals surface area contributed by atoms with Gasteiger partial charge in [0.1, 0.15) is 0 Å². The van der Waals surface area contributed by atoms with Crippen molar-refractivity contribution in [3.63, 3.8) is 0 Å². The van der Waals surface area contributed by atoms with Crippen LogP contribution in [0.5, 0.6) is 0 Å². The first kappa shape index (κ1) is 14.0. The van der Waals surface area contributed by atoms with Crippen LogP contribution in [-0.4, -0.2) is 54.9 Å². The Morgan fingerprint density at radius 2 is 1.84 bits per heavy atom. The lowest BCUT2D eigenvalue weighted by Crippen LogP contribution is -2.47. The van der Waals surface area contributed by atoms with Crippen LogP contribution in [0.3, 0.4) is 0 Å². The standard InChI is InChI=1S/C15H23N3O/c1-3-17-6-8-18(9-7-17)11-15(19)13-5-4-12(2)14(16)10-13/h4-5,10H,3,6-9,11,16H2,1-2H3. The fraction of sp³-hybridized carbons (Fsp3) is 0.533. The molecule has 104 valence electrons. The number of hydrogen-bond acceptors (Lipinski definition) is 4. The third-order valence-corrected chi connectivity index (χ3v) is 3.88. The minimum absolute atomic E-state index is 0.164. The molecule has 0 saturated carbocycles. The van der Waals surface area contributed by atoms with Gasteiger partial charge in [0.2, 0.25) is 0 Å². The van der Waals surface area contributed by atoms with Crippen LogP contribution in [0.25, 0.3) is 0 Å². The van der Waals surface area contributed by atoms with Crippen LogP contribution in [0, 0.1) is 6.92 Å². The summed E-state index contributed by atoms with van der Waals surface area (Å²) in [6.07, 6.45) is 0. The van der Waals surface area contributed by atoms with Gasteiger partial charge in [0.15, 0.2) is 5.78 Å². The molecule has 19 heavy (non-hydrogen) atoms. The molecule has 0 aliphatic carbocycles. The number of benzene rings is 1. The second-order valence-corrected chi connectivity index (χ2v) is 5.20. The molecule has 4 nitrogen and oxygen atoms in total. The van der Waals surface area contributed by atoms with E-state index in [2.05, 4.69) is 16.7 Å². The summed E-state index contributed by atoms with van der Waals surface area (Å²) >= 11 is 0. The number of nitrogens with two attached hydrogens (primary N) is 1. The summed E-state index contributed by atoms with van der Waals surface area (Å²) in [6, 6.07) is 5.58. The second kappa shape index (κ2) is 6.17. The van der Waals surface area contributed by atoms with E-state index in [1.54, 1.807) is 6.07 Å². The van der Waals surface area contributed by atoms with Crippen molar-refractivity contribution in [2.75, 3.05) is 45.0 Å². The molecule has 1 aliphatic rings. The number of carbonyl (C=O) groups excluding carboxylic acids is 1. The summed E-state index contributed by atoms with van der Waals surface area (Å²) in [5, 5.41) is 0. The summed E-state index contributed by atoms with van der Waals surface area (Å²) in [6.45, 7) is 9.78. The van der Waals surface area contributed by atoms with E-state index in [4.69, 9.17) is 5.73 Å². The van der Waals surface area contributed by atoms with Crippen LogP contribution in [0.1, 0.15) is 22.8 Å². The molecule has 0 radical (unpaired) electrons. The number of carbonyl (C=O) groups is 1. The Kier molecular flexibility index (Phi) is 4.56. The van der Waals surface area contributed by atoms with Gasteiger partial charge in [0.25, 0.3) is 0 Å². The number of likely N-dealkylation sites (N-methyl/N-ethyl adjacent to an activating group) is 1. The number of piperazine rings is 1. The highest BCUT2D eigenvalue weighted by molar-refractivity contribution is 5.98. The molecule has 0 unspecified atom stereocenters. The van der Waals surface area contributed by atoms with Gasteiger partial charge in [0.05, 0.1) is 6.54 Å². The Bertz CT molecular complexity index is 451. The smallest absolute Gasteiger partial charge is 0.176 e. The Morgan fingerprint density at radius 3 is 2.42 bits per heavy atom. The molecule has 0 aromatic heterocycles. The zero-order valence-corrected chi connectivity index (χ0v) is 11.9. The van der Waals surface area contributed by atoms with Crippen LogP contribution < -0.4 is 5.73 Å². The molecular formula is C15H23N3O. The minimum atomic E-state index is 0.164. The lowest BCUT2D eigenvalue weighted by molar-refractivity contribution is 0.0859. The van der Waals surface area contributed by atoms with Crippen molar-refractivity contribution in [1.82, 2.24) is 9.80 Å². The van der Waals surface area contributed by atoms with Crippen molar-refractivity contribution in [2.24, 2.45) is 0 Å². The average Bonchev–Trinajstić information content (AvgIpc) is 2.42. The zero-order chi connectivity index (χ0) is 13.8. The Morgan fingerprint density at radius 1 is 1.21 bits per heavy atom.